The number of nitrogens with two attached hydrogens (primary N) is 1. The molecule has 1 atom stereocenters. The van der Waals surface area contributed by atoms with E-state index < -0.39 is 0 Å². The van der Waals surface area contributed by atoms with Gasteiger partial charge in [0.05, 0.1) is 6.10 Å². The minimum Gasteiger partial charge on any atom is -0.399 e. The van der Waals surface area contributed by atoms with E-state index in [-0.39, 0.29) is 6.10 Å². The number of hydrogen-bond donors (Lipinski definition) is 2. The van der Waals surface area contributed by atoms with Crippen molar-refractivity contribution in [2.45, 2.75) is 32.8 Å². The van der Waals surface area contributed by atoms with Crippen molar-refractivity contribution in [1.82, 2.24) is 0 Å². The Kier molecular flexibility index (Phi) is 5.12. The summed E-state index contributed by atoms with van der Waals surface area (Å²) in [6, 6.07) is 7.90. The molecule has 0 amide bonds. The quantitative estimate of drug-likeness (QED) is 0.726. The molecule has 0 heterocycles. The smallest absolute Gasteiger partial charge is 0.0528 e. The highest BCUT2D eigenvalue weighted by Crippen LogP contribution is 2.17. The van der Waals surface area contributed by atoms with E-state index in [1.165, 1.54) is 5.69 Å². The fraction of sp³-hybridized carbons (Fsp3) is 0.538. The molecule has 0 fully saturated rings. The molecule has 3 heteroatoms. The molecule has 1 rings (SSSR count). The Morgan fingerprint density at radius 3 is 2.38 bits per heavy atom. The highest BCUT2D eigenvalue weighted by Gasteiger charge is 2.06. The van der Waals surface area contributed by atoms with Gasteiger partial charge in [0.2, 0.25) is 0 Å². The number of nitrogens with zero attached hydrogens (tertiary/aromatic N) is 1. The lowest BCUT2D eigenvalue weighted by Gasteiger charge is -2.25. The van der Waals surface area contributed by atoms with E-state index in [0.29, 0.717) is 0 Å². The lowest BCUT2D eigenvalue weighted by molar-refractivity contribution is 0.186. The maximum atomic E-state index is 9.31. The first-order chi connectivity index (χ1) is 7.63. The van der Waals surface area contributed by atoms with Crippen LogP contribution in [0.25, 0.3) is 0 Å². The van der Waals surface area contributed by atoms with Crippen molar-refractivity contribution < 1.29 is 5.11 Å². The van der Waals surface area contributed by atoms with Gasteiger partial charge in [-0.3, -0.25) is 0 Å². The van der Waals surface area contributed by atoms with Crippen LogP contribution in [-0.4, -0.2) is 24.3 Å². The Morgan fingerprint density at radius 1 is 1.25 bits per heavy atom. The average Bonchev–Trinajstić information content (AvgIpc) is 2.25. The second kappa shape index (κ2) is 6.38. The summed E-state index contributed by atoms with van der Waals surface area (Å²) in [6.07, 6.45) is 1.65. The van der Waals surface area contributed by atoms with Crippen LogP contribution in [0.1, 0.15) is 26.7 Å². The van der Waals surface area contributed by atoms with E-state index in [1.54, 1.807) is 0 Å². The summed E-state index contributed by atoms with van der Waals surface area (Å²) in [4.78, 5) is 2.28. The van der Waals surface area contributed by atoms with Gasteiger partial charge < -0.3 is 15.7 Å². The van der Waals surface area contributed by atoms with E-state index >= 15 is 0 Å². The molecular weight excluding hydrogens is 200 g/mol. The van der Waals surface area contributed by atoms with E-state index in [9.17, 15) is 5.11 Å². The largest absolute Gasteiger partial charge is 0.399 e. The molecule has 0 aliphatic rings. The first-order valence-corrected chi connectivity index (χ1v) is 5.92. The third kappa shape index (κ3) is 4.11. The molecule has 3 N–H and O–H groups in total. The molecule has 1 aromatic rings. The fourth-order valence-corrected chi connectivity index (χ4v) is 1.67. The third-order valence-electron chi connectivity index (χ3n) is 2.57. The normalized spacial score (nSPS) is 12.4. The standard InChI is InChI=1S/C13H22N2O/c1-3-9-15(10-8-11(2)16)13-6-4-12(14)5-7-13/h4-7,11,16H,3,8-10,14H2,1-2H3. The van der Waals surface area contributed by atoms with Crippen molar-refractivity contribution >= 4 is 11.4 Å². The fourth-order valence-electron chi connectivity index (χ4n) is 1.67. The van der Waals surface area contributed by atoms with Crippen molar-refractivity contribution in [1.29, 1.82) is 0 Å². The van der Waals surface area contributed by atoms with Crippen LogP contribution in [0.2, 0.25) is 0 Å². The highest BCUT2D eigenvalue weighted by molar-refractivity contribution is 5.53. The van der Waals surface area contributed by atoms with Crippen LogP contribution in [-0.2, 0) is 0 Å². The van der Waals surface area contributed by atoms with Crippen LogP contribution in [0.5, 0.6) is 0 Å². The molecule has 16 heavy (non-hydrogen) atoms. The minimum atomic E-state index is -0.242. The van der Waals surface area contributed by atoms with Gasteiger partial charge >= 0.3 is 0 Å². The zero-order valence-corrected chi connectivity index (χ0v) is 10.2. The maximum absolute atomic E-state index is 9.31. The molecule has 0 aliphatic heterocycles. The predicted octanol–water partition coefficient (Wildman–Crippen LogP) is 2.26. The van der Waals surface area contributed by atoms with Crippen molar-refractivity contribution in [3.8, 4) is 0 Å². The Bertz CT molecular complexity index is 295. The molecule has 0 radical (unpaired) electrons. The van der Waals surface area contributed by atoms with E-state index in [2.05, 4.69) is 11.8 Å². The van der Waals surface area contributed by atoms with E-state index in [4.69, 9.17) is 5.73 Å². The van der Waals surface area contributed by atoms with Crippen LogP contribution in [0.15, 0.2) is 24.3 Å². The predicted molar refractivity (Wildman–Crippen MR) is 69.7 cm³/mol. The summed E-state index contributed by atoms with van der Waals surface area (Å²) in [6.45, 7) is 5.88. The number of nitrogen functional groups attached to an aromatic ring is 1. The van der Waals surface area contributed by atoms with E-state index in [0.717, 1.165) is 31.6 Å². The maximum Gasteiger partial charge on any atom is 0.0528 e. The lowest BCUT2D eigenvalue weighted by atomic mass is 10.2. The second-order valence-electron chi connectivity index (χ2n) is 4.22. The van der Waals surface area contributed by atoms with Crippen molar-refractivity contribution in [3.05, 3.63) is 24.3 Å². The van der Waals surface area contributed by atoms with Gasteiger partial charge in [0.15, 0.2) is 0 Å². The van der Waals surface area contributed by atoms with E-state index in [1.807, 2.05) is 31.2 Å². The van der Waals surface area contributed by atoms with Gasteiger partial charge in [-0.2, -0.15) is 0 Å². The van der Waals surface area contributed by atoms with Gasteiger partial charge in [0.1, 0.15) is 0 Å². The topological polar surface area (TPSA) is 49.5 Å². The summed E-state index contributed by atoms with van der Waals surface area (Å²) < 4.78 is 0. The van der Waals surface area contributed by atoms with Gasteiger partial charge in [-0.25, -0.2) is 0 Å². The summed E-state index contributed by atoms with van der Waals surface area (Å²) in [5.41, 5.74) is 7.63. The molecule has 1 aromatic carbocycles. The molecule has 0 aromatic heterocycles. The molecule has 0 saturated carbocycles. The van der Waals surface area contributed by atoms with Gasteiger partial charge in [-0.1, -0.05) is 6.92 Å². The van der Waals surface area contributed by atoms with Gasteiger partial charge in [-0.15, -0.1) is 0 Å². The Labute approximate surface area is 97.9 Å². The third-order valence-corrected chi connectivity index (χ3v) is 2.57. The minimum absolute atomic E-state index is 0.242. The molecule has 1 unspecified atom stereocenters. The van der Waals surface area contributed by atoms with Crippen LogP contribution >= 0.6 is 0 Å². The number of aliphatic hydroxyl groups excluding tert-OH is 1. The molecular formula is C13H22N2O. The van der Waals surface area contributed by atoms with Crippen LogP contribution in [0.3, 0.4) is 0 Å². The molecule has 0 spiro atoms. The SMILES string of the molecule is CCCN(CCC(C)O)c1ccc(N)cc1. The number of anilines is 2. The average molecular weight is 222 g/mol. The summed E-state index contributed by atoms with van der Waals surface area (Å²) in [5.74, 6) is 0. The number of benzene rings is 1. The Hall–Kier alpha value is -1.22. The van der Waals surface area contributed by atoms with Crippen LogP contribution in [0, 0.1) is 0 Å². The lowest BCUT2D eigenvalue weighted by Crippen LogP contribution is -2.27. The molecule has 90 valence electrons. The van der Waals surface area contributed by atoms with Crippen molar-refractivity contribution in [2.75, 3.05) is 23.7 Å². The van der Waals surface area contributed by atoms with Crippen LogP contribution in [0.4, 0.5) is 11.4 Å². The van der Waals surface area contributed by atoms with Gasteiger partial charge in [0, 0.05) is 24.5 Å². The monoisotopic (exact) mass is 222 g/mol. The first kappa shape index (κ1) is 12.8. The van der Waals surface area contributed by atoms with Crippen molar-refractivity contribution in [2.24, 2.45) is 0 Å². The number of rotatable bonds is 6. The number of aliphatic hydroxyl groups is 1. The summed E-state index contributed by atoms with van der Waals surface area (Å²) in [7, 11) is 0. The number of hydrogen-bond acceptors (Lipinski definition) is 3. The van der Waals surface area contributed by atoms with Crippen LogP contribution < -0.4 is 10.6 Å². The summed E-state index contributed by atoms with van der Waals surface area (Å²) >= 11 is 0. The van der Waals surface area contributed by atoms with Crippen molar-refractivity contribution in [3.63, 3.8) is 0 Å². The summed E-state index contributed by atoms with van der Waals surface area (Å²) in [5, 5.41) is 9.31. The molecule has 0 bridgehead atoms. The highest BCUT2D eigenvalue weighted by atomic mass is 16.3. The first-order valence-electron chi connectivity index (χ1n) is 5.92. The Morgan fingerprint density at radius 2 is 1.88 bits per heavy atom. The molecule has 0 saturated heterocycles. The second-order valence-corrected chi connectivity index (χ2v) is 4.22. The molecule has 3 nitrogen and oxygen atoms in total. The zero-order valence-electron chi connectivity index (χ0n) is 10.2. The van der Waals surface area contributed by atoms with Gasteiger partial charge in [0.25, 0.3) is 0 Å². The van der Waals surface area contributed by atoms with Gasteiger partial charge in [-0.05, 0) is 44.0 Å². The zero-order chi connectivity index (χ0) is 12.0. The Balaban J connectivity index is 2.64. The molecule has 0 aliphatic carbocycles.